The summed E-state index contributed by atoms with van der Waals surface area (Å²) in [6.07, 6.45) is 0. The first-order valence-electron chi connectivity index (χ1n) is 5.12. The predicted molar refractivity (Wildman–Crippen MR) is 75.3 cm³/mol. The van der Waals surface area contributed by atoms with Crippen LogP contribution in [-0.2, 0) is 0 Å². The maximum absolute atomic E-state index is 9.07. The van der Waals surface area contributed by atoms with Crippen LogP contribution in [-0.4, -0.2) is 0 Å². The Balaban J connectivity index is 2.44. The summed E-state index contributed by atoms with van der Waals surface area (Å²) in [6.45, 7) is 0. The molecule has 0 unspecified atom stereocenters. The summed E-state index contributed by atoms with van der Waals surface area (Å²) in [6, 6.07) is 12.3. The predicted octanol–water partition coefficient (Wildman–Crippen LogP) is 4.19. The van der Waals surface area contributed by atoms with Gasteiger partial charge in [-0.3, -0.25) is 0 Å². The van der Waals surface area contributed by atoms with Crippen LogP contribution in [0.5, 0.6) is 0 Å². The number of nitrogens with zero attached hydrogens (tertiary/aromatic N) is 1. The molecular formula is C13H9Cl2N3. The Hall–Kier alpha value is -1.89. The molecule has 3 N–H and O–H groups in total. The lowest BCUT2D eigenvalue weighted by atomic mass is 10.2. The molecule has 2 aromatic carbocycles. The molecule has 0 saturated heterocycles. The van der Waals surface area contributed by atoms with Crippen molar-refractivity contribution in [1.29, 1.82) is 5.26 Å². The molecule has 2 rings (SSSR count). The summed E-state index contributed by atoms with van der Waals surface area (Å²) >= 11 is 12.0. The third-order valence-electron chi connectivity index (χ3n) is 2.39. The fourth-order valence-electron chi connectivity index (χ4n) is 1.53. The maximum Gasteiger partial charge on any atom is 0.103 e. The van der Waals surface area contributed by atoms with Crippen LogP contribution in [0.15, 0.2) is 36.4 Å². The number of nitriles is 1. The van der Waals surface area contributed by atoms with E-state index in [9.17, 15) is 0 Å². The van der Waals surface area contributed by atoms with Crippen LogP contribution in [0.25, 0.3) is 0 Å². The number of hydrogen-bond donors (Lipinski definition) is 2. The molecule has 0 atom stereocenters. The smallest absolute Gasteiger partial charge is 0.103 e. The zero-order chi connectivity index (χ0) is 13.1. The highest BCUT2D eigenvalue weighted by atomic mass is 35.5. The summed E-state index contributed by atoms with van der Waals surface area (Å²) in [7, 11) is 0. The molecule has 0 aromatic heterocycles. The van der Waals surface area contributed by atoms with Gasteiger partial charge in [-0.05, 0) is 30.3 Å². The maximum atomic E-state index is 9.07. The molecule has 0 spiro atoms. The summed E-state index contributed by atoms with van der Waals surface area (Å²) < 4.78 is 0. The molecule has 90 valence electrons. The van der Waals surface area contributed by atoms with Gasteiger partial charge in [0, 0.05) is 5.69 Å². The first-order valence-corrected chi connectivity index (χ1v) is 5.88. The summed E-state index contributed by atoms with van der Waals surface area (Å²) in [5.74, 6) is 0. The lowest BCUT2D eigenvalue weighted by Crippen LogP contribution is -1.96. The number of anilines is 3. The summed E-state index contributed by atoms with van der Waals surface area (Å²) in [5, 5.41) is 13.0. The largest absolute Gasteiger partial charge is 0.399 e. The quantitative estimate of drug-likeness (QED) is 0.809. The van der Waals surface area contributed by atoms with Gasteiger partial charge in [-0.1, -0.05) is 29.3 Å². The molecule has 0 fully saturated rings. The number of halogens is 2. The Bertz CT molecular complexity index is 633. The van der Waals surface area contributed by atoms with E-state index in [1.165, 1.54) is 0 Å². The van der Waals surface area contributed by atoms with Gasteiger partial charge in [0.25, 0.3) is 0 Å². The van der Waals surface area contributed by atoms with E-state index in [0.29, 0.717) is 32.7 Å². The highest BCUT2D eigenvalue weighted by Crippen LogP contribution is 2.31. The van der Waals surface area contributed by atoms with Gasteiger partial charge in [-0.15, -0.1) is 0 Å². The van der Waals surface area contributed by atoms with Crippen LogP contribution in [0.1, 0.15) is 5.56 Å². The lowest BCUT2D eigenvalue weighted by molar-refractivity contribution is 1.46. The van der Waals surface area contributed by atoms with Crippen molar-refractivity contribution in [3.63, 3.8) is 0 Å². The number of hydrogen-bond acceptors (Lipinski definition) is 3. The first kappa shape index (κ1) is 12.6. The van der Waals surface area contributed by atoms with Crippen LogP contribution in [0.2, 0.25) is 10.0 Å². The van der Waals surface area contributed by atoms with Crippen LogP contribution in [0, 0.1) is 11.3 Å². The van der Waals surface area contributed by atoms with Crippen LogP contribution in [0.3, 0.4) is 0 Å². The van der Waals surface area contributed by atoms with Crippen molar-refractivity contribution in [2.75, 3.05) is 11.1 Å². The van der Waals surface area contributed by atoms with Gasteiger partial charge in [0.1, 0.15) is 6.07 Å². The lowest BCUT2D eigenvalue weighted by Gasteiger charge is -2.11. The fourth-order valence-corrected chi connectivity index (χ4v) is 1.91. The minimum absolute atomic E-state index is 0.373. The molecule has 0 saturated carbocycles. The number of rotatable bonds is 2. The Morgan fingerprint density at radius 3 is 2.56 bits per heavy atom. The number of nitrogen functional groups attached to an aromatic ring is 1. The van der Waals surface area contributed by atoms with Gasteiger partial charge >= 0.3 is 0 Å². The molecule has 5 heteroatoms. The molecule has 3 nitrogen and oxygen atoms in total. The van der Waals surface area contributed by atoms with Gasteiger partial charge in [0.05, 0.1) is 27.0 Å². The summed E-state index contributed by atoms with van der Waals surface area (Å²) in [4.78, 5) is 0. The first-order chi connectivity index (χ1) is 8.61. The van der Waals surface area contributed by atoms with Crippen LogP contribution in [0.4, 0.5) is 17.1 Å². The van der Waals surface area contributed by atoms with E-state index >= 15 is 0 Å². The molecule has 0 aliphatic rings. The second-order valence-corrected chi connectivity index (χ2v) is 4.45. The van der Waals surface area contributed by atoms with Crippen molar-refractivity contribution < 1.29 is 0 Å². The van der Waals surface area contributed by atoms with Crippen molar-refractivity contribution in [2.24, 2.45) is 0 Å². The molecule has 0 aliphatic carbocycles. The van der Waals surface area contributed by atoms with Gasteiger partial charge in [0.2, 0.25) is 0 Å². The molecule has 0 aliphatic heterocycles. The monoisotopic (exact) mass is 277 g/mol. The second-order valence-electron chi connectivity index (χ2n) is 3.64. The minimum atomic E-state index is 0.373. The normalized spacial score (nSPS) is 9.83. The molecule has 0 bridgehead atoms. The number of benzene rings is 2. The van der Waals surface area contributed by atoms with Crippen molar-refractivity contribution in [3.8, 4) is 6.07 Å². The average molecular weight is 278 g/mol. The van der Waals surface area contributed by atoms with E-state index in [2.05, 4.69) is 5.32 Å². The molecule has 0 heterocycles. The van der Waals surface area contributed by atoms with Gasteiger partial charge < -0.3 is 11.1 Å². The molecule has 18 heavy (non-hydrogen) atoms. The van der Waals surface area contributed by atoms with Crippen molar-refractivity contribution in [1.82, 2.24) is 0 Å². The van der Waals surface area contributed by atoms with E-state index in [-0.39, 0.29) is 0 Å². The zero-order valence-electron chi connectivity index (χ0n) is 9.24. The van der Waals surface area contributed by atoms with Gasteiger partial charge in [-0.2, -0.15) is 5.26 Å². The van der Waals surface area contributed by atoms with E-state index < -0.39 is 0 Å². The molecular weight excluding hydrogens is 269 g/mol. The minimum Gasteiger partial charge on any atom is -0.399 e. The molecule has 2 aromatic rings. The second kappa shape index (κ2) is 5.18. The topological polar surface area (TPSA) is 61.8 Å². The van der Waals surface area contributed by atoms with E-state index in [1.54, 1.807) is 36.4 Å². The highest BCUT2D eigenvalue weighted by molar-refractivity contribution is 6.33. The average Bonchev–Trinajstić information content (AvgIpc) is 2.34. The highest BCUT2D eigenvalue weighted by Gasteiger charge is 2.08. The summed E-state index contributed by atoms with van der Waals surface area (Å²) in [5.41, 5.74) is 7.88. The van der Waals surface area contributed by atoms with Gasteiger partial charge in [0.15, 0.2) is 0 Å². The molecule has 0 amide bonds. The SMILES string of the molecule is N#Cc1c(Cl)cccc1Nc1cc(N)ccc1Cl. The molecule has 0 radical (unpaired) electrons. The van der Waals surface area contributed by atoms with E-state index in [1.807, 2.05) is 6.07 Å². The number of nitrogens with one attached hydrogen (secondary N) is 1. The standard InChI is InChI=1S/C13H9Cl2N3/c14-10-2-1-3-12(9(10)7-16)18-13-6-8(17)4-5-11(13)15/h1-6,18H,17H2. The fraction of sp³-hybridized carbons (Fsp3) is 0. The van der Waals surface area contributed by atoms with Crippen LogP contribution >= 0.6 is 23.2 Å². The van der Waals surface area contributed by atoms with Crippen molar-refractivity contribution >= 4 is 40.3 Å². The number of nitrogens with two attached hydrogens (primary N) is 1. The Labute approximate surface area is 115 Å². The zero-order valence-corrected chi connectivity index (χ0v) is 10.8. The Morgan fingerprint density at radius 1 is 1.06 bits per heavy atom. The van der Waals surface area contributed by atoms with Crippen molar-refractivity contribution in [2.45, 2.75) is 0 Å². The van der Waals surface area contributed by atoms with E-state index in [0.717, 1.165) is 0 Å². The Morgan fingerprint density at radius 2 is 1.83 bits per heavy atom. The third kappa shape index (κ3) is 2.51. The van der Waals surface area contributed by atoms with Crippen molar-refractivity contribution in [3.05, 3.63) is 52.0 Å². The van der Waals surface area contributed by atoms with E-state index in [4.69, 9.17) is 34.2 Å². The third-order valence-corrected chi connectivity index (χ3v) is 3.03. The Kier molecular flexibility index (Phi) is 3.61. The van der Waals surface area contributed by atoms with Crippen LogP contribution < -0.4 is 11.1 Å². The van der Waals surface area contributed by atoms with Gasteiger partial charge in [-0.25, -0.2) is 0 Å².